The molecule has 7 aromatic rings. The average Bonchev–Trinajstić information content (AvgIpc) is 3.78. The van der Waals surface area contributed by atoms with Crippen LogP contribution in [0.5, 0.6) is 11.5 Å². The highest BCUT2D eigenvalue weighted by Crippen LogP contribution is 2.54. The van der Waals surface area contributed by atoms with Gasteiger partial charge in [0.25, 0.3) is 0 Å². The Morgan fingerprint density at radius 3 is 2.31 bits per heavy atom. The van der Waals surface area contributed by atoms with Crippen LogP contribution in [0, 0.1) is 17.8 Å². The molecule has 290 valence electrons. The summed E-state index contributed by atoms with van der Waals surface area (Å²) in [4.78, 5) is 0. The van der Waals surface area contributed by atoms with Crippen LogP contribution in [0.4, 0.5) is 0 Å². The highest BCUT2D eigenvalue weighted by molar-refractivity contribution is 9.10. The van der Waals surface area contributed by atoms with E-state index in [4.69, 9.17) is 4.74 Å². The third kappa shape index (κ3) is 6.88. The average molecular weight is 832 g/mol. The lowest BCUT2D eigenvalue weighted by molar-refractivity contribution is 0.306. The molecule has 11 rings (SSSR count). The minimum atomic E-state index is 0.612. The van der Waals surface area contributed by atoms with Crippen LogP contribution in [0.25, 0.3) is 55.5 Å². The largest absolute Gasteiger partial charge is 0.457 e. The van der Waals surface area contributed by atoms with E-state index in [1.807, 2.05) is 0 Å². The Morgan fingerprint density at radius 2 is 1.44 bits per heavy atom. The van der Waals surface area contributed by atoms with Gasteiger partial charge >= 0.3 is 0 Å². The number of allylic oxidation sites excluding steroid dienone is 6. The van der Waals surface area contributed by atoms with E-state index in [-0.39, 0.29) is 0 Å². The SMILES string of the molecule is Brc1cc(Oc2ccc3c4ccccc4n(C4=CC(C5CC6CC(c7ccccc7)CC5C6)=CCN4)c3c2)cc(-c2c(C3=CCCC=C3)cccc2-c2ccccc2)c1. The van der Waals surface area contributed by atoms with Crippen LogP contribution in [0.2, 0.25) is 0 Å². The van der Waals surface area contributed by atoms with Gasteiger partial charge in [-0.3, -0.25) is 4.57 Å². The monoisotopic (exact) mass is 830 g/mol. The number of nitrogens with one attached hydrogen (secondary N) is 1. The summed E-state index contributed by atoms with van der Waals surface area (Å²) >= 11 is 3.88. The molecule has 2 bridgehead atoms. The fraction of sp³-hybridized carbons (Fsp3) is 0.200. The summed E-state index contributed by atoms with van der Waals surface area (Å²) in [7, 11) is 0. The topological polar surface area (TPSA) is 26.2 Å². The number of hydrogen-bond donors (Lipinski definition) is 1. The summed E-state index contributed by atoms with van der Waals surface area (Å²) in [6.45, 7) is 0.835. The molecule has 0 amide bonds. The number of nitrogens with zero attached hydrogens (tertiary/aromatic N) is 1. The number of aromatic nitrogens is 1. The molecule has 3 nitrogen and oxygen atoms in total. The Hall–Kier alpha value is -5.84. The van der Waals surface area contributed by atoms with Crippen molar-refractivity contribution < 1.29 is 4.74 Å². The van der Waals surface area contributed by atoms with Gasteiger partial charge in [0.05, 0.1) is 11.0 Å². The van der Waals surface area contributed by atoms with Crippen molar-refractivity contribution in [2.24, 2.45) is 17.8 Å². The number of fused-ring (bicyclic) bond motifs is 5. The number of rotatable bonds is 8. The third-order valence-corrected chi connectivity index (χ3v) is 13.8. The molecule has 4 unspecified atom stereocenters. The van der Waals surface area contributed by atoms with E-state index in [0.29, 0.717) is 11.8 Å². The van der Waals surface area contributed by atoms with E-state index < -0.39 is 0 Å². The second-order valence-electron chi connectivity index (χ2n) is 16.9. The van der Waals surface area contributed by atoms with Crippen LogP contribution < -0.4 is 10.1 Å². The summed E-state index contributed by atoms with van der Waals surface area (Å²) in [5.74, 6) is 5.58. The second kappa shape index (κ2) is 15.4. The summed E-state index contributed by atoms with van der Waals surface area (Å²) in [6, 6.07) is 50.5. The van der Waals surface area contributed by atoms with Gasteiger partial charge in [0.15, 0.2) is 0 Å². The molecule has 4 aliphatic rings. The van der Waals surface area contributed by atoms with Crippen molar-refractivity contribution in [1.82, 2.24) is 9.88 Å². The summed E-state index contributed by atoms with van der Waals surface area (Å²) in [5, 5.41) is 6.27. The van der Waals surface area contributed by atoms with Crippen LogP contribution in [0.1, 0.15) is 55.6 Å². The normalized spacial score (nSPS) is 21.2. The van der Waals surface area contributed by atoms with Crippen molar-refractivity contribution in [3.05, 3.63) is 191 Å². The number of benzene rings is 6. The van der Waals surface area contributed by atoms with Crippen LogP contribution in [0.3, 0.4) is 0 Å². The van der Waals surface area contributed by atoms with E-state index in [1.54, 1.807) is 0 Å². The Balaban J connectivity index is 0.954. The van der Waals surface area contributed by atoms with Crippen LogP contribution >= 0.6 is 15.9 Å². The van der Waals surface area contributed by atoms with Gasteiger partial charge in [-0.1, -0.05) is 137 Å². The summed E-state index contributed by atoms with van der Waals surface area (Å²) < 4.78 is 10.3. The maximum Gasteiger partial charge on any atom is 0.129 e. The van der Waals surface area contributed by atoms with E-state index in [9.17, 15) is 0 Å². The third-order valence-electron chi connectivity index (χ3n) is 13.4. The van der Waals surface area contributed by atoms with Gasteiger partial charge in [-0.2, -0.15) is 0 Å². The van der Waals surface area contributed by atoms with Gasteiger partial charge in [0.1, 0.15) is 17.3 Å². The minimum Gasteiger partial charge on any atom is -0.457 e. The number of ether oxygens (including phenoxy) is 1. The zero-order valence-corrected chi connectivity index (χ0v) is 34.7. The molecule has 1 N–H and O–H groups in total. The van der Waals surface area contributed by atoms with Crippen molar-refractivity contribution in [2.75, 3.05) is 6.54 Å². The maximum atomic E-state index is 6.87. The molecule has 2 heterocycles. The first-order valence-electron chi connectivity index (χ1n) is 21.4. The number of dihydropyridines is 1. The number of para-hydroxylation sites is 1. The minimum absolute atomic E-state index is 0.612. The standard InChI is InChI=1S/C55H47BrN2O/c56-44-31-43(55-47(38-15-6-2-7-16-38)20-12-21-48(55)39-17-8-3-9-18-39)32-46(34-44)59-45-23-24-50-49-19-10-11-22-52(49)58(53(50)35-45)54-33-40(25-26-57-54)51-29-36-27-41(30-42(51)28-36)37-13-4-1-5-14-37/h1-2,4-8,10-25,31-36,41-42,51,57H,3,9,26-30H2. The molecule has 59 heavy (non-hydrogen) atoms. The number of hydrogen-bond acceptors (Lipinski definition) is 2. The van der Waals surface area contributed by atoms with Gasteiger partial charge in [-0.05, 0) is 149 Å². The summed E-state index contributed by atoms with van der Waals surface area (Å²) in [5.41, 5.74) is 12.6. The van der Waals surface area contributed by atoms with Gasteiger partial charge in [0.2, 0.25) is 0 Å². The first kappa shape index (κ1) is 36.3. The molecule has 2 saturated carbocycles. The van der Waals surface area contributed by atoms with Crippen molar-refractivity contribution in [3.8, 4) is 33.8 Å². The van der Waals surface area contributed by atoms with Crippen molar-refractivity contribution in [3.63, 3.8) is 0 Å². The lowest BCUT2D eigenvalue weighted by Gasteiger charge is -2.30. The fourth-order valence-electron chi connectivity index (χ4n) is 10.9. The smallest absolute Gasteiger partial charge is 0.129 e. The second-order valence-corrected chi connectivity index (χ2v) is 17.9. The Labute approximate surface area is 355 Å². The molecule has 0 spiro atoms. The predicted octanol–water partition coefficient (Wildman–Crippen LogP) is 15.0. The molecule has 1 aromatic heterocycles. The van der Waals surface area contributed by atoms with E-state index in [0.717, 1.165) is 64.1 Å². The first-order valence-corrected chi connectivity index (χ1v) is 22.2. The molecule has 0 saturated heterocycles. The van der Waals surface area contributed by atoms with E-state index in [1.165, 1.54) is 80.9 Å². The van der Waals surface area contributed by atoms with Crippen LogP contribution in [-0.4, -0.2) is 11.1 Å². The van der Waals surface area contributed by atoms with E-state index in [2.05, 4.69) is 196 Å². The van der Waals surface area contributed by atoms with Crippen molar-refractivity contribution in [1.29, 1.82) is 0 Å². The Morgan fingerprint density at radius 1 is 0.627 bits per heavy atom. The van der Waals surface area contributed by atoms with Crippen molar-refractivity contribution in [2.45, 2.75) is 44.4 Å². The molecular weight excluding hydrogens is 785 g/mol. The first-order chi connectivity index (χ1) is 29.1. The van der Waals surface area contributed by atoms with Gasteiger partial charge in [-0.15, -0.1) is 0 Å². The molecular formula is C55H47BrN2O. The zero-order valence-electron chi connectivity index (χ0n) is 33.2. The molecule has 0 radical (unpaired) electrons. The highest BCUT2D eigenvalue weighted by atomic mass is 79.9. The molecule has 4 heteroatoms. The van der Waals surface area contributed by atoms with E-state index >= 15 is 0 Å². The quantitative estimate of drug-likeness (QED) is 0.165. The molecule has 4 atom stereocenters. The zero-order chi connectivity index (χ0) is 39.3. The van der Waals surface area contributed by atoms with Gasteiger partial charge < -0.3 is 10.1 Å². The molecule has 2 fully saturated rings. The van der Waals surface area contributed by atoms with Crippen molar-refractivity contribution >= 4 is 49.1 Å². The lowest BCUT2D eigenvalue weighted by atomic mass is 9.75. The highest BCUT2D eigenvalue weighted by Gasteiger charge is 2.42. The number of halogens is 1. The predicted molar refractivity (Wildman–Crippen MR) is 249 cm³/mol. The van der Waals surface area contributed by atoms with Gasteiger partial charge in [-0.25, -0.2) is 0 Å². The maximum absolute atomic E-state index is 6.87. The fourth-order valence-corrected chi connectivity index (χ4v) is 11.3. The summed E-state index contributed by atoms with van der Waals surface area (Å²) in [6.07, 6.45) is 19.3. The van der Waals surface area contributed by atoms with Crippen LogP contribution in [0.15, 0.2) is 180 Å². The van der Waals surface area contributed by atoms with Gasteiger partial charge in [0, 0.05) is 27.9 Å². The molecule has 6 aromatic carbocycles. The molecule has 1 aliphatic heterocycles. The lowest BCUT2D eigenvalue weighted by Crippen LogP contribution is -2.24. The Bertz CT molecular complexity index is 2840. The van der Waals surface area contributed by atoms with Crippen LogP contribution in [-0.2, 0) is 0 Å². The Kier molecular flexibility index (Phi) is 9.46. The molecule has 3 aliphatic carbocycles.